The number of anilines is 1. The molecule has 2 aromatic rings. The Kier molecular flexibility index (Phi) is 6.56. The van der Waals surface area contributed by atoms with Crippen molar-refractivity contribution in [1.29, 1.82) is 0 Å². The Hall–Kier alpha value is -2.74. The lowest BCUT2D eigenvalue weighted by atomic mass is 10.1. The second-order valence-electron chi connectivity index (χ2n) is 5.93. The minimum atomic E-state index is -5.21. The maximum Gasteiger partial charge on any atom is 0.441 e. The van der Waals surface area contributed by atoms with Crippen LogP contribution < -0.4 is 10.6 Å². The van der Waals surface area contributed by atoms with Crippen LogP contribution in [0.1, 0.15) is 22.8 Å². The molecular weight excluding hydrogens is 397 g/mol. The zero-order chi connectivity index (χ0) is 20.9. The van der Waals surface area contributed by atoms with Crippen molar-refractivity contribution in [1.82, 2.24) is 5.32 Å². The van der Waals surface area contributed by atoms with Gasteiger partial charge in [0.1, 0.15) is 0 Å². The fraction of sp³-hybridized carbons (Fsp3) is 0.263. The largest absolute Gasteiger partial charge is 0.463 e. The van der Waals surface area contributed by atoms with Crippen molar-refractivity contribution in [3.63, 3.8) is 0 Å². The number of nitrogens with one attached hydrogen (secondary N) is 2. The van der Waals surface area contributed by atoms with E-state index in [0.29, 0.717) is 5.56 Å². The molecule has 0 radical (unpaired) electrons. The van der Waals surface area contributed by atoms with Crippen LogP contribution in [0.25, 0.3) is 0 Å². The van der Waals surface area contributed by atoms with E-state index in [1.807, 2.05) is 0 Å². The number of carbonyl (C=O) groups is 2. The summed E-state index contributed by atoms with van der Waals surface area (Å²) in [4.78, 5) is 24.9. The lowest BCUT2D eigenvalue weighted by molar-refractivity contribution is -0.204. The van der Waals surface area contributed by atoms with Gasteiger partial charge < -0.3 is 15.4 Å². The smallest absolute Gasteiger partial charge is 0.441 e. The molecule has 0 spiro atoms. The van der Waals surface area contributed by atoms with Gasteiger partial charge in [-0.05, 0) is 49.7 Å². The summed E-state index contributed by atoms with van der Waals surface area (Å²) in [6.07, 6.45) is -5.21. The van der Waals surface area contributed by atoms with E-state index in [9.17, 15) is 22.8 Å². The van der Waals surface area contributed by atoms with Crippen LogP contribution in [0.5, 0.6) is 0 Å². The lowest BCUT2D eigenvalue weighted by Crippen LogP contribution is -2.69. The number of alkyl halides is 3. The minimum Gasteiger partial charge on any atom is -0.463 e. The molecule has 9 heteroatoms. The standard InChI is InChI=1S/C19H18ClF3N2O3/c1-3-28-17(27)18(19(21,22)23,24-15-9-4-6-12(2)10-15)25-16(26)13-7-5-8-14(20)11-13/h4-11,24H,3H2,1-2H3,(H,25,26)/t18-/m1/s1. The summed E-state index contributed by atoms with van der Waals surface area (Å²) < 4.78 is 46.9. The van der Waals surface area contributed by atoms with E-state index < -0.39 is 23.7 Å². The van der Waals surface area contributed by atoms with Gasteiger partial charge in [0.2, 0.25) is 0 Å². The molecule has 0 aromatic heterocycles. The Morgan fingerprint density at radius 3 is 2.36 bits per heavy atom. The van der Waals surface area contributed by atoms with Gasteiger partial charge in [0.25, 0.3) is 5.91 Å². The van der Waals surface area contributed by atoms with Gasteiger partial charge in [-0.1, -0.05) is 29.8 Å². The third-order valence-electron chi connectivity index (χ3n) is 3.74. The molecule has 0 saturated carbocycles. The summed E-state index contributed by atoms with van der Waals surface area (Å²) in [5.74, 6) is -2.83. The van der Waals surface area contributed by atoms with Crippen LogP contribution >= 0.6 is 11.6 Å². The quantitative estimate of drug-likeness (QED) is 0.546. The molecule has 2 rings (SSSR count). The number of halogens is 4. The van der Waals surface area contributed by atoms with Gasteiger partial charge in [-0.2, -0.15) is 13.2 Å². The second kappa shape index (κ2) is 8.52. The van der Waals surface area contributed by atoms with E-state index in [1.165, 1.54) is 49.4 Å². The fourth-order valence-corrected chi connectivity index (χ4v) is 2.63. The number of hydrogen-bond donors (Lipinski definition) is 2. The molecule has 0 aliphatic rings. The van der Waals surface area contributed by atoms with Crippen LogP contribution in [0.15, 0.2) is 48.5 Å². The molecule has 0 bridgehead atoms. The molecule has 28 heavy (non-hydrogen) atoms. The maximum atomic E-state index is 14.1. The SMILES string of the molecule is CCOC(=O)[C@](NC(=O)c1cccc(Cl)c1)(Nc1cccc(C)c1)C(F)(F)F. The average Bonchev–Trinajstić information content (AvgIpc) is 2.60. The van der Waals surface area contributed by atoms with E-state index in [4.69, 9.17) is 11.6 Å². The highest BCUT2D eigenvalue weighted by atomic mass is 35.5. The maximum absolute atomic E-state index is 14.1. The van der Waals surface area contributed by atoms with Gasteiger partial charge >= 0.3 is 17.8 Å². The van der Waals surface area contributed by atoms with Crippen LogP contribution in [-0.4, -0.2) is 30.3 Å². The average molecular weight is 415 g/mol. The van der Waals surface area contributed by atoms with Crippen LogP contribution in [0.4, 0.5) is 18.9 Å². The lowest BCUT2D eigenvalue weighted by Gasteiger charge is -2.35. The van der Waals surface area contributed by atoms with Crippen molar-refractivity contribution in [2.24, 2.45) is 0 Å². The first-order chi connectivity index (χ1) is 13.1. The summed E-state index contributed by atoms with van der Waals surface area (Å²) in [7, 11) is 0. The van der Waals surface area contributed by atoms with Crippen molar-refractivity contribution in [3.8, 4) is 0 Å². The Morgan fingerprint density at radius 2 is 1.79 bits per heavy atom. The summed E-state index contributed by atoms with van der Waals surface area (Å²) in [5.41, 5.74) is -2.99. The highest BCUT2D eigenvalue weighted by Gasteiger charge is 2.63. The normalized spacial score (nSPS) is 13.4. The minimum absolute atomic E-state index is 0.0169. The van der Waals surface area contributed by atoms with Gasteiger partial charge in [-0.15, -0.1) is 0 Å². The number of amides is 1. The monoisotopic (exact) mass is 414 g/mol. The zero-order valence-corrected chi connectivity index (χ0v) is 15.8. The zero-order valence-electron chi connectivity index (χ0n) is 15.1. The van der Waals surface area contributed by atoms with Gasteiger partial charge in [-0.25, -0.2) is 4.79 Å². The molecule has 0 aliphatic heterocycles. The number of ether oxygens (including phenoxy) is 1. The van der Waals surface area contributed by atoms with Crippen LogP contribution in [-0.2, 0) is 9.53 Å². The Balaban J connectivity index is 2.52. The Labute approximate surface area is 164 Å². The fourth-order valence-electron chi connectivity index (χ4n) is 2.44. The van der Waals surface area contributed by atoms with Crippen molar-refractivity contribution in [2.45, 2.75) is 25.7 Å². The number of esters is 1. The first-order valence-corrected chi connectivity index (χ1v) is 8.63. The van der Waals surface area contributed by atoms with Crippen molar-refractivity contribution < 1.29 is 27.5 Å². The van der Waals surface area contributed by atoms with Crippen LogP contribution in [0.2, 0.25) is 5.02 Å². The molecule has 5 nitrogen and oxygen atoms in total. The van der Waals surface area contributed by atoms with Gasteiger partial charge in [0, 0.05) is 16.3 Å². The van der Waals surface area contributed by atoms with E-state index in [0.717, 1.165) is 0 Å². The molecule has 1 atom stereocenters. The van der Waals surface area contributed by atoms with Gasteiger partial charge in [-0.3, -0.25) is 4.79 Å². The van der Waals surface area contributed by atoms with Crippen LogP contribution in [0.3, 0.4) is 0 Å². The van der Waals surface area contributed by atoms with Crippen LogP contribution in [0, 0.1) is 6.92 Å². The summed E-state index contributed by atoms with van der Waals surface area (Å²) in [6.45, 7) is 2.74. The second-order valence-corrected chi connectivity index (χ2v) is 6.36. The number of aryl methyl sites for hydroxylation is 1. The number of hydrogen-bond acceptors (Lipinski definition) is 4. The van der Waals surface area contributed by atoms with E-state index in [1.54, 1.807) is 18.3 Å². The number of carbonyl (C=O) groups excluding carboxylic acids is 2. The molecule has 0 saturated heterocycles. The molecule has 2 aromatic carbocycles. The molecule has 2 N–H and O–H groups in total. The topological polar surface area (TPSA) is 67.4 Å². The molecule has 1 amide bonds. The molecule has 0 aliphatic carbocycles. The predicted octanol–water partition coefficient (Wildman–Crippen LogP) is 4.31. The Bertz CT molecular complexity index is 873. The summed E-state index contributed by atoms with van der Waals surface area (Å²) >= 11 is 5.80. The van der Waals surface area contributed by atoms with E-state index >= 15 is 0 Å². The van der Waals surface area contributed by atoms with Gasteiger partial charge in [0.05, 0.1) is 6.61 Å². The van der Waals surface area contributed by atoms with E-state index in [2.05, 4.69) is 10.1 Å². The van der Waals surface area contributed by atoms with Crippen molar-refractivity contribution >= 4 is 29.2 Å². The molecule has 0 fully saturated rings. The van der Waals surface area contributed by atoms with Crippen molar-refractivity contribution in [3.05, 3.63) is 64.7 Å². The van der Waals surface area contributed by atoms with E-state index in [-0.39, 0.29) is 22.9 Å². The molecular formula is C19H18ClF3N2O3. The number of benzene rings is 2. The summed E-state index contributed by atoms with van der Waals surface area (Å²) in [6, 6.07) is 11.3. The predicted molar refractivity (Wildman–Crippen MR) is 99.1 cm³/mol. The number of rotatable bonds is 6. The first kappa shape index (κ1) is 21.6. The Morgan fingerprint density at radius 1 is 1.11 bits per heavy atom. The van der Waals surface area contributed by atoms with Crippen molar-refractivity contribution in [2.75, 3.05) is 11.9 Å². The molecule has 150 valence electrons. The summed E-state index contributed by atoms with van der Waals surface area (Å²) in [5, 5.41) is 4.03. The van der Waals surface area contributed by atoms with Gasteiger partial charge in [0.15, 0.2) is 0 Å². The third-order valence-corrected chi connectivity index (χ3v) is 3.98. The molecule has 0 heterocycles. The third kappa shape index (κ3) is 4.75. The molecule has 0 unspecified atom stereocenters. The first-order valence-electron chi connectivity index (χ1n) is 8.26. The highest BCUT2D eigenvalue weighted by Crippen LogP contribution is 2.33. The highest BCUT2D eigenvalue weighted by molar-refractivity contribution is 6.31.